The number of carbonyl (C=O) groups excluding carboxylic acids is 3. The van der Waals surface area contributed by atoms with E-state index < -0.39 is 18.0 Å². The molecule has 3 N–H and O–H groups in total. The van der Waals surface area contributed by atoms with Gasteiger partial charge in [0.05, 0.1) is 23.2 Å². The van der Waals surface area contributed by atoms with Gasteiger partial charge in [0.1, 0.15) is 11.6 Å². The van der Waals surface area contributed by atoms with Gasteiger partial charge >= 0.3 is 6.09 Å². The fourth-order valence-electron chi connectivity index (χ4n) is 3.18. The molecule has 1 aromatic heterocycles. The average Bonchev–Trinajstić information content (AvgIpc) is 3.10. The summed E-state index contributed by atoms with van der Waals surface area (Å²) in [6.45, 7) is 2.36. The molecule has 1 aliphatic heterocycles. The first kappa shape index (κ1) is 22.8. The number of rotatable bonds is 6. The van der Waals surface area contributed by atoms with Crippen LogP contribution in [0.3, 0.4) is 0 Å². The molecule has 1 atom stereocenters. The number of thiophene rings is 1. The van der Waals surface area contributed by atoms with Crippen molar-refractivity contribution in [1.82, 2.24) is 4.90 Å². The van der Waals surface area contributed by atoms with E-state index >= 15 is 0 Å². The third kappa shape index (κ3) is 5.07. The minimum absolute atomic E-state index is 0.148. The highest BCUT2D eigenvalue weighted by atomic mass is 35.5. The van der Waals surface area contributed by atoms with E-state index in [1.54, 1.807) is 36.1 Å². The van der Waals surface area contributed by atoms with Gasteiger partial charge in [0.25, 0.3) is 0 Å². The summed E-state index contributed by atoms with van der Waals surface area (Å²) in [5.74, 6) is 1.73. The number of hydrogen-bond acceptors (Lipinski definition) is 6. The molecule has 0 saturated carbocycles. The number of nitrogens with two attached hydrogens (primary N) is 1. The molecule has 7 nitrogen and oxygen atoms in total. The van der Waals surface area contributed by atoms with Gasteiger partial charge in [-0.05, 0) is 31.0 Å². The Kier molecular flexibility index (Phi) is 7.33. The van der Waals surface area contributed by atoms with Crippen LogP contribution < -0.4 is 11.1 Å². The number of benzene rings is 1. The molecule has 3 rings (SSSR count). The minimum Gasteiger partial charge on any atom is -0.448 e. The number of ether oxygens (including phenoxy) is 1. The third-order valence-corrected chi connectivity index (χ3v) is 6.24. The Labute approximate surface area is 189 Å². The summed E-state index contributed by atoms with van der Waals surface area (Å²) >= 11 is 7.50. The molecule has 0 fully saturated rings. The van der Waals surface area contributed by atoms with Gasteiger partial charge < -0.3 is 20.7 Å². The van der Waals surface area contributed by atoms with Crippen molar-refractivity contribution in [3.05, 3.63) is 50.9 Å². The Balaban J connectivity index is 1.95. The van der Waals surface area contributed by atoms with Crippen molar-refractivity contribution in [1.29, 1.82) is 0 Å². The molecule has 2 aromatic rings. The van der Waals surface area contributed by atoms with Gasteiger partial charge in [0.15, 0.2) is 5.78 Å². The molecule has 1 aliphatic rings. The van der Waals surface area contributed by atoms with Crippen molar-refractivity contribution in [2.45, 2.75) is 32.4 Å². The highest BCUT2D eigenvalue weighted by molar-refractivity contribution is 7.17. The molecule has 1 aromatic carbocycles. The number of terminal acetylenes is 1. The smallest absolute Gasteiger partial charge is 0.410 e. The van der Waals surface area contributed by atoms with Crippen molar-refractivity contribution in [3.63, 3.8) is 0 Å². The maximum atomic E-state index is 13.4. The van der Waals surface area contributed by atoms with Crippen LogP contribution in [-0.2, 0) is 22.5 Å². The lowest BCUT2D eigenvalue weighted by molar-refractivity contribution is -0.117. The number of hydrogen-bond donors (Lipinski definition) is 2. The van der Waals surface area contributed by atoms with E-state index in [9.17, 15) is 14.4 Å². The quantitative estimate of drug-likeness (QED) is 0.391. The van der Waals surface area contributed by atoms with E-state index in [4.69, 9.17) is 28.5 Å². The monoisotopic (exact) mass is 459 g/mol. The molecule has 0 bridgehead atoms. The molecule has 0 aliphatic carbocycles. The summed E-state index contributed by atoms with van der Waals surface area (Å²) in [5, 5.41) is 3.49. The predicted molar refractivity (Wildman–Crippen MR) is 120 cm³/mol. The summed E-state index contributed by atoms with van der Waals surface area (Å²) in [4.78, 5) is 40.3. The first-order valence-corrected chi connectivity index (χ1v) is 10.9. The zero-order valence-electron chi connectivity index (χ0n) is 16.9. The van der Waals surface area contributed by atoms with Crippen LogP contribution in [0.15, 0.2) is 24.3 Å². The van der Waals surface area contributed by atoms with E-state index in [2.05, 4.69) is 11.2 Å². The highest BCUT2D eigenvalue weighted by Crippen LogP contribution is 2.39. The molecule has 162 valence electrons. The number of halogens is 1. The summed E-state index contributed by atoms with van der Waals surface area (Å²) in [6, 6.07) is 6.01. The molecule has 1 unspecified atom stereocenters. The van der Waals surface area contributed by atoms with Gasteiger partial charge in [0.2, 0.25) is 5.91 Å². The third-order valence-electron chi connectivity index (χ3n) is 4.78. The van der Waals surface area contributed by atoms with Crippen LogP contribution >= 0.6 is 22.9 Å². The molecule has 0 spiro atoms. The first-order valence-electron chi connectivity index (χ1n) is 9.68. The normalized spacial score (nSPS) is 13.7. The van der Waals surface area contributed by atoms with Crippen molar-refractivity contribution >= 4 is 45.7 Å². The van der Waals surface area contributed by atoms with Crippen LogP contribution in [-0.4, -0.2) is 41.9 Å². The molecule has 0 radical (unpaired) electrons. The Morgan fingerprint density at radius 2 is 2.13 bits per heavy atom. The molecule has 9 heteroatoms. The Hall–Kier alpha value is -2.86. The lowest BCUT2D eigenvalue weighted by Crippen LogP contribution is -2.36. The maximum Gasteiger partial charge on any atom is 0.410 e. The SMILES string of the molecule is C#CCCOC(=O)N1CCc2c(sc(NC(=O)C(C)N)c2C(=O)c2ccccc2Cl)C1. The molecule has 0 saturated heterocycles. The largest absolute Gasteiger partial charge is 0.448 e. The van der Waals surface area contributed by atoms with Crippen molar-refractivity contribution in [3.8, 4) is 12.3 Å². The van der Waals surface area contributed by atoms with Gasteiger partial charge in [-0.1, -0.05) is 23.7 Å². The predicted octanol–water partition coefficient (Wildman–Crippen LogP) is 3.44. The number of nitrogens with one attached hydrogen (secondary N) is 1. The summed E-state index contributed by atoms with van der Waals surface area (Å²) in [7, 11) is 0. The molecule has 2 heterocycles. The fraction of sp³-hybridized carbons (Fsp3) is 0.318. The number of carbonyl (C=O) groups is 3. The van der Waals surface area contributed by atoms with Crippen molar-refractivity contribution in [2.24, 2.45) is 5.73 Å². The van der Waals surface area contributed by atoms with Gasteiger partial charge in [-0.25, -0.2) is 4.79 Å². The maximum absolute atomic E-state index is 13.4. The van der Waals surface area contributed by atoms with E-state index in [0.29, 0.717) is 40.5 Å². The summed E-state index contributed by atoms with van der Waals surface area (Å²) in [5.41, 5.74) is 7.22. The van der Waals surface area contributed by atoms with Crippen LogP contribution in [0, 0.1) is 12.3 Å². The summed E-state index contributed by atoms with van der Waals surface area (Å²) < 4.78 is 5.18. The number of fused-ring (bicyclic) bond motifs is 1. The zero-order chi connectivity index (χ0) is 22.5. The second kappa shape index (κ2) is 9.96. The number of nitrogens with zero attached hydrogens (tertiary/aromatic N) is 1. The van der Waals surface area contributed by atoms with E-state index in [1.165, 1.54) is 11.3 Å². The Bertz CT molecular complexity index is 1060. The standard InChI is InChI=1S/C22H22ClN3O4S/c1-3-4-11-30-22(29)26-10-9-15-17(12-26)31-21(25-20(28)13(2)24)18(15)19(27)14-7-5-6-8-16(14)23/h1,5-8,13H,4,9-12,24H2,2H3,(H,25,28). The lowest BCUT2D eigenvalue weighted by atomic mass is 9.96. The minimum atomic E-state index is -0.745. The average molecular weight is 460 g/mol. The van der Waals surface area contributed by atoms with E-state index in [-0.39, 0.29) is 18.9 Å². The van der Waals surface area contributed by atoms with Crippen LogP contribution in [0.1, 0.15) is 39.7 Å². The highest BCUT2D eigenvalue weighted by Gasteiger charge is 2.32. The zero-order valence-corrected chi connectivity index (χ0v) is 18.5. The van der Waals surface area contributed by atoms with Gasteiger partial charge in [-0.15, -0.1) is 23.7 Å². The topological polar surface area (TPSA) is 102 Å². The molecular weight excluding hydrogens is 438 g/mol. The van der Waals surface area contributed by atoms with Crippen molar-refractivity contribution < 1.29 is 19.1 Å². The van der Waals surface area contributed by atoms with Crippen LogP contribution in [0.5, 0.6) is 0 Å². The second-order valence-electron chi connectivity index (χ2n) is 7.03. The van der Waals surface area contributed by atoms with Crippen LogP contribution in [0.4, 0.5) is 9.80 Å². The number of amides is 2. The Morgan fingerprint density at radius 3 is 2.81 bits per heavy atom. The second-order valence-corrected chi connectivity index (χ2v) is 8.55. The van der Waals surface area contributed by atoms with Gasteiger partial charge in [-0.2, -0.15) is 0 Å². The summed E-state index contributed by atoms with van der Waals surface area (Å²) in [6.07, 6.45) is 5.50. The lowest BCUT2D eigenvalue weighted by Gasteiger charge is -2.26. The number of anilines is 1. The fourth-order valence-corrected chi connectivity index (χ4v) is 4.67. The molecule has 2 amide bonds. The van der Waals surface area contributed by atoms with Gasteiger partial charge in [0, 0.05) is 23.4 Å². The van der Waals surface area contributed by atoms with Gasteiger partial charge in [-0.3, -0.25) is 9.59 Å². The van der Waals surface area contributed by atoms with Crippen LogP contribution in [0.25, 0.3) is 0 Å². The molecule has 31 heavy (non-hydrogen) atoms. The van der Waals surface area contributed by atoms with Crippen LogP contribution in [0.2, 0.25) is 5.02 Å². The Morgan fingerprint density at radius 1 is 1.39 bits per heavy atom. The molecular formula is C22H22ClN3O4S. The van der Waals surface area contributed by atoms with E-state index in [1.807, 2.05) is 0 Å². The first-order chi connectivity index (χ1) is 14.8. The van der Waals surface area contributed by atoms with E-state index in [0.717, 1.165) is 10.4 Å². The van der Waals surface area contributed by atoms with Crippen molar-refractivity contribution in [2.75, 3.05) is 18.5 Å². The number of ketones is 1.